The van der Waals surface area contributed by atoms with Crippen LogP contribution in [0, 0.1) is 0 Å². The molecule has 0 unspecified atom stereocenters. The van der Waals surface area contributed by atoms with Gasteiger partial charge in [0, 0.05) is 25.2 Å². The van der Waals surface area contributed by atoms with Crippen molar-refractivity contribution in [3.05, 3.63) is 59.9 Å². The summed E-state index contributed by atoms with van der Waals surface area (Å²) in [6.45, 7) is 5.78. The van der Waals surface area contributed by atoms with Gasteiger partial charge in [0.2, 0.25) is 0 Å². The van der Waals surface area contributed by atoms with Crippen LogP contribution in [-0.2, 0) is 12.0 Å². The Kier molecular flexibility index (Phi) is 8.68. The lowest BCUT2D eigenvalue weighted by atomic mass is 9.84. The maximum Gasteiger partial charge on any atom is 0.191 e. The second kappa shape index (κ2) is 10.2. The van der Waals surface area contributed by atoms with Gasteiger partial charge in [-0.05, 0) is 29.8 Å². The van der Waals surface area contributed by atoms with Crippen molar-refractivity contribution < 1.29 is 4.74 Å². The quantitative estimate of drug-likeness (QED) is 0.400. The number of pyridine rings is 1. The fourth-order valence-corrected chi connectivity index (χ4v) is 2.35. The highest BCUT2D eigenvalue weighted by Crippen LogP contribution is 2.25. The fraction of sp³-hybridized carbons (Fsp3) is 0.368. The third-order valence-electron chi connectivity index (χ3n) is 3.94. The van der Waals surface area contributed by atoms with Crippen molar-refractivity contribution in [3.63, 3.8) is 0 Å². The van der Waals surface area contributed by atoms with E-state index in [4.69, 9.17) is 4.74 Å². The zero-order valence-electron chi connectivity index (χ0n) is 15.2. The highest BCUT2D eigenvalue weighted by Gasteiger charge is 2.21. The summed E-state index contributed by atoms with van der Waals surface area (Å²) >= 11 is 0. The van der Waals surface area contributed by atoms with Crippen molar-refractivity contribution in [3.8, 4) is 5.75 Å². The Labute approximate surface area is 167 Å². The molecule has 0 atom stereocenters. The Bertz CT molecular complexity index is 674. The summed E-state index contributed by atoms with van der Waals surface area (Å²) in [5, 5.41) is 6.67. The first kappa shape index (κ1) is 21.2. The molecule has 0 aliphatic rings. The summed E-state index contributed by atoms with van der Waals surface area (Å²) in [6.07, 6.45) is 1.79. The Morgan fingerprint density at radius 1 is 1.16 bits per heavy atom. The molecule has 0 saturated carbocycles. The molecule has 136 valence electrons. The molecule has 0 aliphatic heterocycles. The van der Waals surface area contributed by atoms with Crippen LogP contribution < -0.4 is 15.4 Å². The Morgan fingerprint density at radius 3 is 2.60 bits per heavy atom. The van der Waals surface area contributed by atoms with Crippen LogP contribution in [0.1, 0.15) is 25.1 Å². The predicted molar refractivity (Wildman–Crippen MR) is 114 cm³/mol. The highest BCUT2D eigenvalue weighted by molar-refractivity contribution is 14.0. The maximum absolute atomic E-state index is 5.32. The van der Waals surface area contributed by atoms with Crippen molar-refractivity contribution in [1.29, 1.82) is 0 Å². The first-order valence-electron chi connectivity index (χ1n) is 8.04. The van der Waals surface area contributed by atoms with Gasteiger partial charge >= 0.3 is 0 Å². The molecule has 1 aromatic heterocycles. The summed E-state index contributed by atoms with van der Waals surface area (Å²) < 4.78 is 5.32. The molecule has 1 heterocycles. The minimum Gasteiger partial charge on any atom is -0.497 e. The lowest BCUT2D eigenvalue weighted by Gasteiger charge is -2.27. The molecule has 0 bridgehead atoms. The van der Waals surface area contributed by atoms with E-state index in [2.05, 4.69) is 46.6 Å². The number of benzene rings is 1. The van der Waals surface area contributed by atoms with Crippen LogP contribution >= 0.6 is 24.0 Å². The molecule has 5 nitrogen and oxygen atoms in total. The van der Waals surface area contributed by atoms with Gasteiger partial charge in [-0.3, -0.25) is 9.98 Å². The largest absolute Gasteiger partial charge is 0.497 e. The molecule has 0 radical (unpaired) electrons. The molecular weight excluding hydrogens is 427 g/mol. The number of hydrogen-bond donors (Lipinski definition) is 2. The van der Waals surface area contributed by atoms with E-state index < -0.39 is 0 Å². The predicted octanol–water partition coefficient (Wildman–Crippen LogP) is 3.35. The number of nitrogens with zero attached hydrogens (tertiary/aromatic N) is 2. The molecular formula is C19H27IN4O. The van der Waals surface area contributed by atoms with Gasteiger partial charge in [-0.2, -0.15) is 0 Å². The number of aromatic nitrogens is 1. The number of hydrogen-bond acceptors (Lipinski definition) is 3. The molecule has 0 fully saturated rings. The molecule has 1 aromatic carbocycles. The van der Waals surface area contributed by atoms with Gasteiger partial charge in [0.15, 0.2) is 5.96 Å². The molecule has 2 aromatic rings. The molecule has 25 heavy (non-hydrogen) atoms. The first-order chi connectivity index (χ1) is 11.5. The SMILES string of the molecule is CN=C(NCc1ccccn1)NCC(C)(C)c1cccc(OC)c1.I. The van der Waals surface area contributed by atoms with Gasteiger partial charge in [-0.15, -0.1) is 24.0 Å². The summed E-state index contributed by atoms with van der Waals surface area (Å²) in [7, 11) is 3.46. The van der Waals surface area contributed by atoms with Gasteiger partial charge < -0.3 is 15.4 Å². The van der Waals surface area contributed by atoms with E-state index in [-0.39, 0.29) is 29.4 Å². The standard InChI is InChI=1S/C19H26N4O.HI/c1-19(2,15-8-7-10-17(12-15)24-4)14-23-18(20-3)22-13-16-9-5-6-11-21-16;/h5-12H,13-14H2,1-4H3,(H2,20,22,23);1H. The highest BCUT2D eigenvalue weighted by atomic mass is 127. The number of ether oxygens (including phenoxy) is 1. The van der Waals surface area contributed by atoms with Crippen LogP contribution in [0.4, 0.5) is 0 Å². The second-order valence-electron chi connectivity index (χ2n) is 6.22. The smallest absolute Gasteiger partial charge is 0.191 e. The van der Waals surface area contributed by atoms with Crippen molar-refractivity contribution >= 4 is 29.9 Å². The van der Waals surface area contributed by atoms with E-state index >= 15 is 0 Å². The minimum atomic E-state index is -0.0584. The summed E-state index contributed by atoms with van der Waals surface area (Å²) in [6, 6.07) is 14.0. The van der Waals surface area contributed by atoms with Crippen LogP contribution in [-0.4, -0.2) is 31.6 Å². The van der Waals surface area contributed by atoms with Gasteiger partial charge in [-0.25, -0.2) is 0 Å². The molecule has 2 rings (SSSR count). The lowest BCUT2D eigenvalue weighted by Crippen LogP contribution is -2.43. The van der Waals surface area contributed by atoms with E-state index in [1.165, 1.54) is 5.56 Å². The van der Waals surface area contributed by atoms with E-state index in [9.17, 15) is 0 Å². The van der Waals surface area contributed by atoms with Crippen LogP contribution in [0.25, 0.3) is 0 Å². The number of methoxy groups -OCH3 is 1. The topological polar surface area (TPSA) is 58.5 Å². The van der Waals surface area contributed by atoms with Gasteiger partial charge in [0.25, 0.3) is 0 Å². The Hall–Kier alpha value is -1.83. The number of guanidine groups is 1. The zero-order chi connectivity index (χ0) is 17.4. The van der Waals surface area contributed by atoms with Gasteiger partial charge in [-0.1, -0.05) is 32.0 Å². The number of aliphatic imine (C=N–C) groups is 1. The van der Waals surface area contributed by atoms with Crippen LogP contribution in [0.15, 0.2) is 53.7 Å². The van der Waals surface area contributed by atoms with E-state index in [1.807, 2.05) is 30.3 Å². The molecule has 0 saturated heterocycles. The average molecular weight is 454 g/mol. The molecule has 0 spiro atoms. The third-order valence-corrected chi connectivity index (χ3v) is 3.94. The normalized spacial score (nSPS) is 11.4. The van der Waals surface area contributed by atoms with Crippen molar-refractivity contribution in [2.75, 3.05) is 20.7 Å². The second-order valence-corrected chi connectivity index (χ2v) is 6.22. The van der Waals surface area contributed by atoms with Crippen LogP contribution in [0.5, 0.6) is 5.75 Å². The summed E-state index contributed by atoms with van der Waals surface area (Å²) in [5.41, 5.74) is 2.14. The summed E-state index contributed by atoms with van der Waals surface area (Å²) in [5.74, 6) is 1.63. The van der Waals surface area contributed by atoms with Crippen LogP contribution in [0.2, 0.25) is 0 Å². The number of halogens is 1. The summed E-state index contributed by atoms with van der Waals surface area (Å²) in [4.78, 5) is 8.58. The van der Waals surface area contributed by atoms with Gasteiger partial charge in [0.05, 0.1) is 19.3 Å². The van der Waals surface area contributed by atoms with Gasteiger partial charge in [0.1, 0.15) is 5.75 Å². The molecule has 0 aliphatic carbocycles. The molecule has 2 N–H and O–H groups in total. The Morgan fingerprint density at radius 2 is 1.96 bits per heavy atom. The first-order valence-corrected chi connectivity index (χ1v) is 8.04. The monoisotopic (exact) mass is 454 g/mol. The fourth-order valence-electron chi connectivity index (χ4n) is 2.35. The number of rotatable bonds is 6. The molecule has 6 heteroatoms. The third kappa shape index (κ3) is 6.53. The lowest BCUT2D eigenvalue weighted by molar-refractivity contribution is 0.411. The van der Waals surface area contributed by atoms with E-state index in [1.54, 1.807) is 20.4 Å². The maximum atomic E-state index is 5.32. The van der Waals surface area contributed by atoms with E-state index in [0.29, 0.717) is 6.54 Å². The van der Waals surface area contributed by atoms with Crippen molar-refractivity contribution in [2.24, 2.45) is 4.99 Å². The molecule has 0 amide bonds. The van der Waals surface area contributed by atoms with Crippen molar-refractivity contribution in [1.82, 2.24) is 15.6 Å². The van der Waals surface area contributed by atoms with E-state index in [0.717, 1.165) is 23.9 Å². The average Bonchev–Trinajstić information content (AvgIpc) is 2.62. The van der Waals surface area contributed by atoms with Crippen LogP contribution in [0.3, 0.4) is 0 Å². The minimum absolute atomic E-state index is 0. The number of nitrogens with one attached hydrogen (secondary N) is 2. The van der Waals surface area contributed by atoms with Crippen molar-refractivity contribution in [2.45, 2.75) is 25.8 Å². The Balaban J connectivity index is 0.00000312. The zero-order valence-corrected chi connectivity index (χ0v) is 17.6.